The highest BCUT2D eigenvalue weighted by Gasteiger charge is 2.26. The number of rotatable bonds is 4. The summed E-state index contributed by atoms with van der Waals surface area (Å²) < 4.78 is 0. The Labute approximate surface area is 104 Å². The average molecular weight is 253 g/mol. The molecule has 1 fully saturated rings. The molecule has 1 aromatic heterocycles. The minimum atomic E-state index is -1.87. The normalized spacial score (nSPS) is 18.7. The Kier molecular flexibility index (Phi) is 3.73. The van der Waals surface area contributed by atoms with Crippen molar-refractivity contribution in [3.63, 3.8) is 0 Å². The molecule has 2 heterocycles. The van der Waals surface area contributed by atoms with E-state index in [1.807, 2.05) is 4.90 Å². The van der Waals surface area contributed by atoms with Crippen molar-refractivity contribution in [2.75, 3.05) is 18.0 Å². The van der Waals surface area contributed by atoms with E-state index in [0.29, 0.717) is 5.95 Å². The molecule has 0 saturated carbocycles. The number of hydrogen-bond donors (Lipinski definition) is 3. The van der Waals surface area contributed by atoms with Gasteiger partial charge >= 0.3 is 5.97 Å². The first-order chi connectivity index (χ1) is 8.59. The van der Waals surface area contributed by atoms with Gasteiger partial charge in [-0.15, -0.1) is 0 Å². The standard InChI is InChI=1S/C11H15N3O4/c15-8(9(16)10(17)18)7-5-12-11(13-6-7)14-3-1-2-4-14/h5-6,8-9,15-16H,1-4H2,(H,17,18). The Morgan fingerprint density at radius 1 is 1.22 bits per heavy atom. The highest BCUT2D eigenvalue weighted by atomic mass is 16.4. The van der Waals surface area contributed by atoms with Gasteiger partial charge in [-0.1, -0.05) is 0 Å². The number of aliphatic hydroxyl groups excluding tert-OH is 2. The average Bonchev–Trinajstić information content (AvgIpc) is 2.91. The molecule has 0 aromatic carbocycles. The van der Waals surface area contributed by atoms with Crippen LogP contribution in [-0.4, -0.2) is 50.5 Å². The highest BCUT2D eigenvalue weighted by Crippen LogP contribution is 2.19. The number of hydrogen-bond acceptors (Lipinski definition) is 6. The number of aliphatic carboxylic acids is 1. The van der Waals surface area contributed by atoms with E-state index >= 15 is 0 Å². The van der Waals surface area contributed by atoms with Crippen molar-refractivity contribution >= 4 is 11.9 Å². The lowest BCUT2D eigenvalue weighted by molar-refractivity contribution is -0.153. The van der Waals surface area contributed by atoms with Gasteiger partial charge in [0.05, 0.1) is 0 Å². The van der Waals surface area contributed by atoms with Gasteiger partial charge in [-0.2, -0.15) is 0 Å². The predicted molar refractivity (Wildman–Crippen MR) is 62.1 cm³/mol. The predicted octanol–water partition coefficient (Wildman–Crippen LogP) is -0.444. The van der Waals surface area contributed by atoms with E-state index < -0.39 is 18.2 Å². The zero-order valence-corrected chi connectivity index (χ0v) is 9.73. The fourth-order valence-electron chi connectivity index (χ4n) is 1.88. The van der Waals surface area contributed by atoms with E-state index in [1.54, 1.807) is 0 Å². The molecule has 3 N–H and O–H groups in total. The van der Waals surface area contributed by atoms with Gasteiger partial charge in [0.2, 0.25) is 5.95 Å². The summed E-state index contributed by atoms with van der Waals surface area (Å²) in [5.41, 5.74) is 0.188. The van der Waals surface area contributed by atoms with Gasteiger partial charge in [0.25, 0.3) is 0 Å². The van der Waals surface area contributed by atoms with Crippen LogP contribution in [0.15, 0.2) is 12.4 Å². The molecule has 7 heteroatoms. The van der Waals surface area contributed by atoms with Gasteiger partial charge in [-0.05, 0) is 12.8 Å². The van der Waals surface area contributed by atoms with Crippen molar-refractivity contribution in [3.05, 3.63) is 18.0 Å². The van der Waals surface area contributed by atoms with Crippen molar-refractivity contribution in [3.8, 4) is 0 Å². The number of carboxylic acids is 1. The Bertz CT molecular complexity index is 417. The maximum absolute atomic E-state index is 10.5. The first-order valence-corrected chi connectivity index (χ1v) is 5.75. The summed E-state index contributed by atoms with van der Waals surface area (Å²) in [4.78, 5) is 20.7. The van der Waals surface area contributed by atoms with Crippen LogP contribution < -0.4 is 4.90 Å². The summed E-state index contributed by atoms with van der Waals surface area (Å²) in [5.74, 6) is -0.917. The van der Waals surface area contributed by atoms with Gasteiger partial charge in [0.15, 0.2) is 6.10 Å². The molecule has 0 bridgehead atoms. The monoisotopic (exact) mass is 253 g/mol. The van der Waals surface area contributed by atoms with Crippen LogP contribution in [-0.2, 0) is 4.79 Å². The molecule has 2 rings (SSSR count). The molecule has 1 aliphatic rings. The maximum Gasteiger partial charge on any atom is 0.335 e. The molecule has 98 valence electrons. The zero-order valence-electron chi connectivity index (χ0n) is 9.73. The third-order valence-corrected chi connectivity index (χ3v) is 2.94. The summed E-state index contributed by atoms with van der Waals surface area (Å²) in [6.07, 6.45) is 1.51. The fraction of sp³-hybridized carbons (Fsp3) is 0.545. The Hall–Kier alpha value is -1.73. The van der Waals surface area contributed by atoms with Crippen molar-refractivity contribution in [2.45, 2.75) is 25.0 Å². The zero-order chi connectivity index (χ0) is 13.1. The van der Waals surface area contributed by atoms with Crippen LogP contribution >= 0.6 is 0 Å². The number of carbonyl (C=O) groups is 1. The second kappa shape index (κ2) is 5.28. The van der Waals surface area contributed by atoms with E-state index in [2.05, 4.69) is 9.97 Å². The maximum atomic E-state index is 10.5. The lowest BCUT2D eigenvalue weighted by Gasteiger charge is -2.17. The van der Waals surface area contributed by atoms with E-state index in [9.17, 15) is 15.0 Å². The van der Waals surface area contributed by atoms with E-state index in [4.69, 9.17) is 5.11 Å². The summed E-state index contributed by atoms with van der Waals surface area (Å²) in [7, 11) is 0. The molecule has 0 aliphatic carbocycles. The minimum absolute atomic E-state index is 0.188. The van der Waals surface area contributed by atoms with Crippen molar-refractivity contribution < 1.29 is 20.1 Å². The second-order valence-electron chi connectivity index (χ2n) is 4.24. The summed E-state index contributed by atoms with van der Waals surface area (Å²) >= 11 is 0. The topological polar surface area (TPSA) is 107 Å². The SMILES string of the molecule is O=C(O)C(O)C(O)c1cnc(N2CCCC2)nc1. The molecule has 0 amide bonds. The van der Waals surface area contributed by atoms with Gasteiger partial charge in [0, 0.05) is 31.0 Å². The van der Waals surface area contributed by atoms with Gasteiger partial charge < -0.3 is 20.2 Å². The number of aliphatic hydroxyl groups is 2. The van der Waals surface area contributed by atoms with Crippen LogP contribution in [0.1, 0.15) is 24.5 Å². The van der Waals surface area contributed by atoms with Crippen molar-refractivity contribution in [2.24, 2.45) is 0 Å². The van der Waals surface area contributed by atoms with Crippen LogP contribution in [0.3, 0.4) is 0 Å². The summed E-state index contributed by atoms with van der Waals surface area (Å²) in [5, 5.41) is 27.4. The Morgan fingerprint density at radius 3 is 2.28 bits per heavy atom. The Balaban J connectivity index is 2.09. The van der Waals surface area contributed by atoms with E-state index in [0.717, 1.165) is 25.9 Å². The molecule has 7 nitrogen and oxygen atoms in total. The van der Waals surface area contributed by atoms with Crippen molar-refractivity contribution in [1.82, 2.24) is 9.97 Å². The highest BCUT2D eigenvalue weighted by molar-refractivity contribution is 5.73. The molecule has 1 aromatic rings. The second-order valence-corrected chi connectivity index (χ2v) is 4.24. The largest absolute Gasteiger partial charge is 0.479 e. The molecular weight excluding hydrogens is 238 g/mol. The molecule has 2 unspecified atom stereocenters. The first-order valence-electron chi connectivity index (χ1n) is 5.75. The van der Waals surface area contributed by atoms with E-state index in [-0.39, 0.29) is 5.56 Å². The fourth-order valence-corrected chi connectivity index (χ4v) is 1.88. The van der Waals surface area contributed by atoms with E-state index in [1.165, 1.54) is 12.4 Å². The molecular formula is C11H15N3O4. The number of carboxylic acid groups (broad SMARTS) is 1. The lowest BCUT2D eigenvalue weighted by Crippen LogP contribution is -2.28. The van der Waals surface area contributed by atoms with Gasteiger partial charge in [-0.3, -0.25) is 0 Å². The third-order valence-electron chi connectivity index (χ3n) is 2.94. The lowest BCUT2D eigenvalue weighted by atomic mass is 10.1. The van der Waals surface area contributed by atoms with Crippen LogP contribution in [0.5, 0.6) is 0 Å². The molecule has 0 radical (unpaired) electrons. The third kappa shape index (κ3) is 2.57. The molecule has 18 heavy (non-hydrogen) atoms. The first kappa shape index (κ1) is 12.7. The number of nitrogens with zero attached hydrogens (tertiary/aromatic N) is 3. The quantitative estimate of drug-likeness (QED) is 0.667. The van der Waals surface area contributed by atoms with Crippen LogP contribution in [0.4, 0.5) is 5.95 Å². The Morgan fingerprint density at radius 2 is 1.78 bits per heavy atom. The molecule has 1 aliphatic heterocycles. The smallest absolute Gasteiger partial charge is 0.335 e. The summed E-state index contributed by atoms with van der Waals surface area (Å²) in [6, 6.07) is 0. The van der Waals surface area contributed by atoms with Crippen molar-refractivity contribution in [1.29, 1.82) is 0 Å². The van der Waals surface area contributed by atoms with Gasteiger partial charge in [-0.25, -0.2) is 14.8 Å². The number of anilines is 1. The summed E-state index contributed by atoms with van der Waals surface area (Å²) in [6.45, 7) is 1.80. The number of aromatic nitrogens is 2. The molecule has 1 saturated heterocycles. The van der Waals surface area contributed by atoms with Crippen LogP contribution in [0, 0.1) is 0 Å². The minimum Gasteiger partial charge on any atom is -0.479 e. The molecule has 0 spiro atoms. The van der Waals surface area contributed by atoms with Crippen LogP contribution in [0.25, 0.3) is 0 Å². The van der Waals surface area contributed by atoms with Crippen LogP contribution in [0.2, 0.25) is 0 Å². The molecule has 2 atom stereocenters. The van der Waals surface area contributed by atoms with Gasteiger partial charge in [0.1, 0.15) is 6.10 Å².